The van der Waals surface area contributed by atoms with Crippen LogP contribution in [0, 0.1) is 5.92 Å². The Bertz CT molecular complexity index is 278. The predicted octanol–water partition coefficient (Wildman–Crippen LogP) is -0.490. The van der Waals surface area contributed by atoms with Crippen LogP contribution in [0.25, 0.3) is 0 Å². The number of carbonyl (C=O) groups excluding carboxylic acids is 1. The van der Waals surface area contributed by atoms with E-state index in [0.717, 1.165) is 6.42 Å². The Morgan fingerprint density at radius 1 is 1.47 bits per heavy atom. The van der Waals surface area contributed by atoms with Gasteiger partial charge in [-0.3, -0.25) is 9.35 Å². The zero-order valence-corrected chi connectivity index (χ0v) is 9.30. The van der Waals surface area contributed by atoms with Crippen molar-refractivity contribution in [3.05, 3.63) is 0 Å². The first-order chi connectivity index (χ1) is 6.37. The van der Waals surface area contributed by atoms with Gasteiger partial charge in [-0.2, -0.15) is 8.42 Å². The Balaban J connectivity index is 0. The molecule has 88 valence electrons. The number of nitrogens with one attached hydrogen (secondary N) is 1. The molecule has 1 amide bonds. The maximum atomic E-state index is 11.2. The van der Waals surface area contributed by atoms with Gasteiger partial charge in [0.15, 0.2) is 0 Å². The first kappa shape index (κ1) is 18.0. The summed E-state index contributed by atoms with van der Waals surface area (Å²) in [5.41, 5.74) is 0. The van der Waals surface area contributed by atoms with Gasteiger partial charge in [0.05, 0.1) is 5.75 Å². The zero-order valence-electron chi connectivity index (χ0n) is 8.49. The van der Waals surface area contributed by atoms with Crippen LogP contribution in [0.15, 0.2) is 0 Å². The molecular weight excluding hydrogens is 246 g/mol. The van der Waals surface area contributed by atoms with Gasteiger partial charge in [0.2, 0.25) is 5.91 Å². The van der Waals surface area contributed by atoms with Gasteiger partial charge in [0, 0.05) is 12.5 Å². The summed E-state index contributed by atoms with van der Waals surface area (Å²) in [6.45, 7) is 3.99. The van der Waals surface area contributed by atoms with Crippen LogP contribution >= 0.6 is 0 Å². The Hall–Kier alpha value is 0.640. The van der Waals surface area contributed by atoms with Gasteiger partial charge in [-0.05, 0) is 12.8 Å². The Labute approximate surface area is 121 Å². The molecule has 0 heterocycles. The quantitative estimate of drug-likeness (QED) is 0.386. The van der Waals surface area contributed by atoms with Gasteiger partial charge in [-0.25, -0.2) is 0 Å². The number of carbonyl (C=O) groups is 1. The molecule has 5 nitrogen and oxygen atoms in total. The molecule has 0 spiro atoms. The van der Waals surface area contributed by atoms with Gasteiger partial charge in [-0.1, -0.05) is 13.8 Å². The standard InChI is InChI=1S/C8H17NO4S.Ca.2H/c1-3-7(2)8(10)9-5-4-6-14(11,12)13;;;/h7H,3-6H2,1-2H3,(H,9,10)(H,11,12,13);;;. The van der Waals surface area contributed by atoms with Crippen molar-refractivity contribution in [2.45, 2.75) is 26.7 Å². The van der Waals surface area contributed by atoms with E-state index in [9.17, 15) is 13.2 Å². The number of hydrogen-bond acceptors (Lipinski definition) is 3. The number of rotatable bonds is 6. The minimum absolute atomic E-state index is 0. The summed E-state index contributed by atoms with van der Waals surface area (Å²) < 4.78 is 29.0. The van der Waals surface area contributed by atoms with Crippen LogP contribution < -0.4 is 5.32 Å². The first-order valence-electron chi connectivity index (χ1n) is 4.59. The second kappa shape index (κ2) is 8.75. The Morgan fingerprint density at radius 2 is 2.00 bits per heavy atom. The van der Waals surface area contributed by atoms with E-state index in [1.807, 2.05) is 6.92 Å². The molecule has 0 aliphatic heterocycles. The molecule has 0 aliphatic rings. The van der Waals surface area contributed by atoms with E-state index in [2.05, 4.69) is 5.32 Å². The SMILES string of the molecule is CCC(C)C(=O)NCCCS(=O)(=O)O.[CaH2]. The molecule has 0 rings (SSSR count). The third kappa shape index (κ3) is 10.9. The summed E-state index contributed by atoms with van der Waals surface area (Å²) in [6.07, 6.45) is 0.991. The normalized spacial score (nSPS) is 12.7. The molecule has 1 atom stereocenters. The summed E-state index contributed by atoms with van der Waals surface area (Å²) in [5.74, 6) is -0.447. The second-order valence-corrected chi connectivity index (χ2v) is 4.81. The minimum atomic E-state index is -3.90. The van der Waals surface area contributed by atoms with Crippen molar-refractivity contribution in [1.29, 1.82) is 0 Å². The third-order valence-electron chi connectivity index (χ3n) is 1.94. The average Bonchev–Trinajstić information content (AvgIpc) is 2.09. The van der Waals surface area contributed by atoms with Crippen LogP contribution in [-0.2, 0) is 14.9 Å². The fourth-order valence-electron chi connectivity index (χ4n) is 0.826. The van der Waals surface area contributed by atoms with E-state index in [1.165, 1.54) is 0 Å². The molecule has 7 heteroatoms. The first-order valence-corrected chi connectivity index (χ1v) is 6.20. The Kier molecular flexibility index (Phi) is 10.5. The van der Waals surface area contributed by atoms with Crippen LogP contribution in [0.2, 0.25) is 0 Å². The maximum absolute atomic E-state index is 11.2. The van der Waals surface area contributed by atoms with Crippen LogP contribution in [-0.4, -0.2) is 68.9 Å². The van der Waals surface area contributed by atoms with Crippen LogP contribution in [0.3, 0.4) is 0 Å². The summed E-state index contributed by atoms with van der Waals surface area (Å²) in [6, 6.07) is 0. The third-order valence-corrected chi connectivity index (χ3v) is 2.74. The molecule has 2 N–H and O–H groups in total. The van der Waals surface area contributed by atoms with Gasteiger partial charge in [0.1, 0.15) is 0 Å². The predicted molar refractivity (Wildman–Crippen MR) is 62.0 cm³/mol. The molecule has 0 aromatic heterocycles. The summed E-state index contributed by atoms with van der Waals surface area (Å²) >= 11 is 0. The molecule has 0 aromatic carbocycles. The monoisotopic (exact) mass is 265 g/mol. The molecule has 0 aliphatic carbocycles. The van der Waals surface area contributed by atoms with Crippen molar-refractivity contribution < 1.29 is 17.8 Å². The zero-order chi connectivity index (χ0) is 11.2. The second-order valence-electron chi connectivity index (χ2n) is 3.24. The topological polar surface area (TPSA) is 83.5 Å². The molecule has 0 saturated carbocycles. The fraction of sp³-hybridized carbons (Fsp3) is 0.875. The van der Waals surface area contributed by atoms with Crippen LogP contribution in [0.1, 0.15) is 26.7 Å². The van der Waals surface area contributed by atoms with Gasteiger partial charge >= 0.3 is 37.7 Å². The van der Waals surface area contributed by atoms with E-state index in [-0.39, 0.29) is 68.3 Å². The van der Waals surface area contributed by atoms with Crippen molar-refractivity contribution in [2.24, 2.45) is 5.92 Å². The molecule has 0 aromatic rings. The van der Waals surface area contributed by atoms with Crippen molar-refractivity contribution in [3.63, 3.8) is 0 Å². The molecule has 1 unspecified atom stereocenters. The van der Waals surface area contributed by atoms with E-state index in [0.29, 0.717) is 0 Å². The fourth-order valence-corrected chi connectivity index (χ4v) is 1.33. The van der Waals surface area contributed by atoms with Gasteiger partial charge in [-0.15, -0.1) is 0 Å². The summed E-state index contributed by atoms with van der Waals surface area (Å²) in [7, 11) is -3.90. The van der Waals surface area contributed by atoms with E-state index in [1.54, 1.807) is 6.92 Å². The summed E-state index contributed by atoms with van der Waals surface area (Å²) in [5, 5.41) is 2.59. The van der Waals surface area contributed by atoms with Crippen molar-refractivity contribution in [1.82, 2.24) is 5.32 Å². The molecule has 0 fully saturated rings. The van der Waals surface area contributed by atoms with Crippen LogP contribution in [0.5, 0.6) is 0 Å². The summed E-state index contributed by atoms with van der Waals surface area (Å²) in [4.78, 5) is 11.2. The Morgan fingerprint density at radius 3 is 2.40 bits per heavy atom. The van der Waals surface area contributed by atoms with Crippen LogP contribution in [0.4, 0.5) is 0 Å². The molecule has 0 bridgehead atoms. The van der Waals surface area contributed by atoms with E-state index in [4.69, 9.17) is 4.55 Å². The van der Waals surface area contributed by atoms with Gasteiger partial charge in [0.25, 0.3) is 10.1 Å². The van der Waals surface area contributed by atoms with Gasteiger partial charge < -0.3 is 5.32 Å². The molecule has 0 saturated heterocycles. The molecule has 15 heavy (non-hydrogen) atoms. The van der Waals surface area contributed by atoms with E-state index < -0.39 is 10.1 Å². The van der Waals surface area contributed by atoms with E-state index >= 15 is 0 Å². The number of amides is 1. The number of hydrogen-bond donors (Lipinski definition) is 2. The molecule has 0 radical (unpaired) electrons. The van der Waals surface area contributed by atoms with Crippen molar-refractivity contribution >= 4 is 53.8 Å². The van der Waals surface area contributed by atoms with Crippen molar-refractivity contribution in [2.75, 3.05) is 12.3 Å². The average molecular weight is 265 g/mol. The van der Waals surface area contributed by atoms with Crippen molar-refractivity contribution in [3.8, 4) is 0 Å². The molecular formula is C8H19CaNO4S.